The number of hydrogen-bond acceptors (Lipinski definition) is 6. The number of hydrogen-bond donors (Lipinski definition) is 1. The Balaban J connectivity index is 1.81. The predicted octanol–water partition coefficient (Wildman–Crippen LogP) is 1.68. The second-order valence-electron chi connectivity index (χ2n) is 5.59. The van der Waals surface area contributed by atoms with Gasteiger partial charge < -0.3 is 4.42 Å². The molecule has 2 aliphatic rings. The highest BCUT2D eigenvalue weighted by atomic mass is 32.2. The number of fused-ring (bicyclic) bond motifs is 2. The van der Waals surface area contributed by atoms with Crippen molar-refractivity contribution in [2.75, 3.05) is 5.75 Å². The van der Waals surface area contributed by atoms with Crippen LogP contribution in [0, 0.1) is 0 Å². The lowest BCUT2D eigenvalue weighted by molar-refractivity contribution is -0.116. The number of nitrogens with one attached hydrogen (secondary N) is 1. The molecule has 6 nitrogen and oxygen atoms in total. The average molecular weight is 364 g/mol. The summed E-state index contributed by atoms with van der Waals surface area (Å²) in [4.78, 5) is 17.5. The van der Waals surface area contributed by atoms with Crippen LogP contribution in [0.5, 0.6) is 0 Å². The van der Waals surface area contributed by atoms with E-state index >= 15 is 0 Å². The Morgan fingerprint density at radius 2 is 2.19 bits per heavy atom. The lowest BCUT2D eigenvalue weighted by atomic mass is 10.1. The van der Waals surface area contributed by atoms with Gasteiger partial charge in [0.15, 0.2) is 11.3 Å². The predicted molar refractivity (Wildman–Crippen MR) is 102 cm³/mol. The number of rotatable bonds is 4. The number of thioether (sulfide) groups is 1. The minimum Gasteiger partial charge on any atom is -0.465 e. The maximum absolute atomic E-state index is 12.7. The fourth-order valence-electron chi connectivity index (χ4n) is 2.75. The van der Waals surface area contributed by atoms with Crippen LogP contribution >= 0.6 is 11.8 Å². The summed E-state index contributed by atoms with van der Waals surface area (Å²) >= 11 is 1.42. The molecule has 1 unspecified atom stereocenters. The zero-order valence-electron chi connectivity index (χ0n) is 13.8. The molecule has 0 fully saturated rings. The zero-order chi connectivity index (χ0) is 17.9. The number of carbonyl (C=O) groups is 1. The van der Waals surface area contributed by atoms with E-state index in [1.807, 2.05) is 48.6 Å². The van der Waals surface area contributed by atoms with Crippen LogP contribution in [0.1, 0.15) is 5.76 Å². The van der Waals surface area contributed by atoms with Crippen molar-refractivity contribution < 1.29 is 9.21 Å². The van der Waals surface area contributed by atoms with E-state index in [9.17, 15) is 4.79 Å². The molecule has 26 heavy (non-hydrogen) atoms. The van der Waals surface area contributed by atoms with E-state index in [2.05, 4.69) is 17.0 Å². The number of carbonyl (C=O) groups excluding carboxylic acids is 1. The lowest BCUT2D eigenvalue weighted by Crippen LogP contribution is -2.52. The first kappa shape index (κ1) is 16.4. The lowest BCUT2D eigenvalue weighted by Gasteiger charge is -2.32. The molecular weight excluding hydrogens is 348 g/mol. The molecule has 1 amide bonds. The Labute approximate surface area is 154 Å². The summed E-state index contributed by atoms with van der Waals surface area (Å²) in [6.07, 6.45) is 6.64. The van der Waals surface area contributed by atoms with Crippen LogP contribution in [0.15, 0.2) is 75.9 Å². The molecule has 0 aliphatic carbocycles. The van der Waals surface area contributed by atoms with Gasteiger partial charge in [-0.3, -0.25) is 15.1 Å². The van der Waals surface area contributed by atoms with E-state index < -0.39 is 6.17 Å². The number of para-hydroxylation sites is 1. The van der Waals surface area contributed by atoms with Crippen LogP contribution in [0.4, 0.5) is 0 Å². The standard InChI is InChI=1S/C19H16N4O2S/c1-2-12-26-19-21-18(24)17-14-7-3-4-8-15(14)20-16(23(17)22-19)10-9-13-6-5-11-25-13/h2-11,16H,1,12H2,(H,21,22,24)/b10-9+. The topological polar surface area (TPSA) is 70.2 Å². The molecule has 3 heterocycles. The molecule has 4 rings (SSSR count). The summed E-state index contributed by atoms with van der Waals surface area (Å²) in [6.45, 7) is 3.70. The Hall–Kier alpha value is -3.06. The van der Waals surface area contributed by atoms with Crippen molar-refractivity contribution in [3.8, 4) is 0 Å². The van der Waals surface area contributed by atoms with Crippen LogP contribution in [0.25, 0.3) is 11.8 Å². The van der Waals surface area contributed by atoms with Crippen molar-refractivity contribution in [2.45, 2.75) is 6.17 Å². The van der Waals surface area contributed by atoms with Crippen molar-refractivity contribution >= 4 is 34.6 Å². The number of furan rings is 1. The van der Waals surface area contributed by atoms with Gasteiger partial charge in [-0.15, -0.1) is 11.7 Å². The zero-order valence-corrected chi connectivity index (χ0v) is 14.6. The fourth-order valence-corrected chi connectivity index (χ4v) is 3.33. The summed E-state index contributed by atoms with van der Waals surface area (Å²) in [5.74, 6) is 1.18. The highest BCUT2D eigenvalue weighted by molar-refractivity contribution is 8.14. The summed E-state index contributed by atoms with van der Waals surface area (Å²) in [7, 11) is 0. The quantitative estimate of drug-likeness (QED) is 0.838. The SMILES string of the molecule is C=CCSC1=NN2C(=c3ccccc3=NC2/C=C/c2ccco2)C(=O)N1. The second-order valence-corrected chi connectivity index (χ2v) is 6.60. The number of benzene rings is 1. The molecule has 2 aliphatic heterocycles. The highest BCUT2D eigenvalue weighted by Gasteiger charge is 2.32. The van der Waals surface area contributed by atoms with Gasteiger partial charge in [0.25, 0.3) is 5.91 Å². The largest absolute Gasteiger partial charge is 0.465 e. The van der Waals surface area contributed by atoms with Gasteiger partial charge in [-0.2, -0.15) is 0 Å². The Kier molecular flexibility index (Phi) is 4.45. The molecule has 0 saturated heterocycles. The van der Waals surface area contributed by atoms with E-state index in [1.54, 1.807) is 17.3 Å². The van der Waals surface area contributed by atoms with Crippen LogP contribution in [-0.2, 0) is 4.79 Å². The van der Waals surface area contributed by atoms with Crippen molar-refractivity contribution in [2.24, 2.45) is 10.1 Å². The van der Waals surface area contributed by atoms with E-state index in [4.69, 9.17) is 9.41 Å². The van der Waals surface area contributed by atoms with E-state index in [0.717, 1.165) is 10.6 Å². The Morgan fingerprint density at radius 3 is 3.00 bits per heavy atom. The third-order valence-corrected chi connectivity index (χ3v) is 4.72. The van der Waals surface area contributed by atoms with Gasteiger partial charge in [-0.25, -0.2) is 5.01 Å². The second kappa shape index (κ2) is 7.05. The maximum Gasteiger partial charge on any atom is 0.276 e. The number of hydrazone groups is 1. The molecule has 2 aromatic rings. The molecule has 0 spiro atoms. The Morgan fingerprint density at radius 1 is 1.31 bits per heavy atom. The summed E-state index contributed by atoms with van der Waals surface area (Å²) in [6, 6.07) is 11.2. The first-order valence-corrected chi connectivity index (χ1v) is 9.06. The Bertz CT molecular complexity index is 1020. The first-order valence-electron chi connectivity index (χ1n) is 8.08. The summed E-state index contributed by atoms with van der Waals surface area (Å²) in [5, 5.41) is 11.2. The highest BCUT2D eigenvalue weighted by Crippen LogP contribution is 2.21. The van der Waals surface area contributed by atoms with Crippen molar-refractivity contribution in [1.82, 2.24) is 10.3 Å². The number of amides is 1. The maximum atomic E-state index is 12.7. The minimum atomic E-state index is -0.435. The molecule has 0 radical (unpaired) electrons. The smallest absolute Gasteiger partial charge is 0.276 e. The molecule has 1 aromatic carbocycles. The van der Waals surface area contributed by atoms with Gasteiger partial charge in [0.2, 0.25) is 0 Å². The molecule has 0 bridgehead atoms. The molecule has 7 heteroatoms. The van der Waals surface area contributed by atoms with Gasteiger partial charge in [-0.1, -0.05) is 36.0 Å². The molecular formula is C19H16N4O2S. The van der Waals surface area contributed by atoms with Gasteiger partial charge in [0, 0.05) is 11.0 Å². The minimum absolute atomic E-state index is 0.190. The van der Waals surface area contributed by atoms with Crippen molar-refractivity contribution in [1.29, 1.82) is 0 Å². The molecule has 1 atom stereocenters. The van der Waals surface area contributed by atoms with E-state index in [0.29, 0.717) is 22.4 Å². The number of amidine groups is 1. The fraction of sp³-hybridized carbons (Fsp3) is 0.105. The van der Waals surface area contributed by atoms with E-state index in [-0.39, 0.29) is 5.91 Å². The summed E-state index contributed by atoms with van der Waals surface area (Å²) < 4.78 is 5.34. The van der Waals surface area contributed by atoms with Crippen LogP contribution in [0.2, 0.25) is 0 Å². The normalized spacial score (nSPS) is 18.7. The molecule has 130 valence electrons. The van der Waals surface area contributed by atoms with Crippen LogP contribution in [-0.4, -0.2) is 28.0 Å². The first-order chi connectivity index (χ1) is 12.8. The third-order valence-electron chi connectivity index (χ3n) is 3.86. The third kappa shape index (κ3) is 3.09. The van der Waals surface area contributed by atoms with Crippen LogP contribution < -0.4 is 15.9 Å². The molecule has 0 saturated carbocycles. The summed E-state index contributed by atoms with van der Waals surface area (Å²) in [5.41, 5.74) is 0.493. The van der Waals surface area contributed by atoms with Gasteiger partial charge in [0.05, 0.1) is 11.6 Å². The van der Waals surface area contributed by atoms with Gasteiger partial charge in [0.1, 0.15) is 11.5 Å². The monoisotopic (exact) mass is 364 g/mol. The average Bonchev–Trinajstić information content (AvgIpc) is 3.17. The van der Waals surface area contributed by atoms with Crippen molar-refractivity contribution in [3.63, 3.8) is 0 Å². The van der Waals surface area contributed by atoms with Crippen molar-refractivity contribution in [3.05, 3.63) is 77.7 Å². The van der Waals surface area contributed by atoms with E-state index in [1.165, 1.54) is 11.8 Å². The van der Waals surface area contributed by atoms with Gasteiger partial charge >= 0.3 is 0 Å². The number of nitrogens with zero attached hydrogens (tertiary/aromatic N) is 3. The molecule has 1 N–H and O–H groups in total. The molecule has 1 aromatic heterocycles. The van der Waals surface area contributed by atoms with Crippen LogP contribution in [0.3, 0.4) is 0 Å². The van der Waals surface area contributed by atoms with Gasteiger partial charge in [-0.05, 0) is 30.4 Å².